The van der Waals surface area contributed by atoms with Crippen LogP contribution in [0, 0.1) is 0 Å². The van der Waals surface area contributed by atoms with Crippen molar-refractivity contribution in [3.8, 4) is 11.1 Å². The number of benzene rings is 3. The number of alkyl halides is 3. The van der Waals surface area contributed by atoms with E-state index in [1.165, 1.54) is 61.5 Å². The summed E-state index contributed by atoms with van der Waals surface area (Å²) in [7, 11) is -3.38. The zero-order valence-electron chi connectivity index (χ0n) is 20.4. The van der Waals surface area contributed by atoms with Crippen LogP contribution >= 0.6 is 22.9 Å². The second-order valence-electron chi connectivity index (χ2n) is 8.51. The highest BCUT2D eigenvalue weighted by molar-refractivity contribution is 7.91. The molecule has 0 bridgehead atoms. The van der Waals surface area contributed by atoms with Crippen molar-refractivity contribution in [1.82, 2.24) is 0 Å². The Morgan fingerprint density at radius 3 is 2.28 bits per heavy atom. The molecular weight excluding hydrogens is 571 g/mol. The molecule has 1 amide bonds. The molecule has 5 nitrogen and oxygen atoms in total. The first-order chi connectivity index (χ1) is 18.4. The Morgan fingerprint density at radius 1 is 0.949 bits per heavy atom. The SMILES string of the molecule is CCS(=O)(=O)c1ccc(CC(=O)Nc2cc(-c3cccc(C(F)(F)F)c3)c(C(=O)c3ccccc3Cl)s2)cc1. The lowest BCUT2D eigenvalue weighted by Crippen LogP contribution is -2.13. The largest absolute Gasteiger partial charge is 0.416 e. The standard InChI is InChI=1S/C28H21ClF3NO4S2/c1-2-39(36,37)20-12-10-17(11-13-20)14-24(34)33-25-16-22(18-6-5-7-19(15-18)28(30,31)32)27(38-25)26(35)21-8-3-4-9-23(21)29/h3-13,15-16H,2,14H2,1H3,(H,33,34). The van der Waals surface area contributed by atoms with Gasteiger partial charge in [0.15, 0.2) is 9.84 Å². The van der Waals surface area contributed by atoms with Crippen molar-refractivity contribution < 1.29 is 31.2 Å². The second-order valence-corrected chi connectivity index (χ2v) is 12.3. The molecule has 0 aliphatic heterocycles. The minimum absolute atomic E-state index is 0.0470. The number of sulfone groups is 1. The smallest absolute Gasteiger partial charge is 0.317 e. The highest BCUT2D eigenvalue weighted by atomic mass is 35.5. The quantitative estimate of drug-likeness (QED) is 0.218. The van der Waals surface area contributed by atoms with E-state index in [0.29, 0.717) is 5.56 Å². The first-order valence-electron chi connectivity index (χ1n) is 11.6. The highest BCUT2D eigenvalue weighted by Gasteiger charge is 2.31. The summed E-state index contributed by atoms with van der Waals surface area (Å²) in [5.74, 6) is -0.991. The van der Waals surface area contributed by atoms with Gasteiger partial charge in [-0.2, -0.15) is 13.2 Å². The van der Waals surface area contributed by atoms with Crippen molar-refractivity contribution in [2.24, 2.45) is 0 Å². The molecule has 0 saturated carbocycles. The van der Waals surface area contributed by atoms with Crippen molar-refractivity contribution in [2.75, 3.05) is 11.1 Å². The Balaban J connectivity index is 1.66. The Hall–Kier alpha value is -3.47. The molecule has 0 atom stereocenters. The number of carbonyl (C=O) groups is 2. The number of ketones is 1. The van der Waals surface area contributed by atoms with Gasteiger partial charge in [-0.15, -0.1) is 11.3 Å². The molecule has 3 aromatic carbocycles. The van der Waals surface area contributed by atoms with E-state index in [4.69, 9.17) is 11.6 Å². The van der Waals surface area contributed by atoms with Crippen LogP contribution in [-0.2, 0) is 27.2 Å². The predicted molar refractivity (Wildman–Crippen MR) is 146 cm³/mol. The highest BCUT2D eigenvalue weighted by Crippen LogP contribution is 2.39. The van der Waals surface area contributed by atoms with Crippen LogP contribution < -0.4 is 5.32 Å². The Kier molecular flexibility index (Phi) is 8.29. The number of thiophene rings is 1. The topological polar surface area (TPSA) is 80.3 Å². The molecule has 0 spiro atoms. The maximum Gasteiger partial charge on any atom is 0.416 e. The van der Waals surface area contributed by atoms with Gasteiger partial charge in [-0.3, -0.25) is 9.59 Å². The third kappa shape index (κ3) is 6.58. The van der Waals surface area contributed by atoms with E-state index in [-0.39, 0.29) is 48.7 Å². The van der Waals surface area contributed by atoms with E-state index in [1.807, 2.05) is 0 Å². The molecule has 0 saturated heterocycles. The van der Waals surface area contributed by atoms with Crippen molar-refractivity contribution in [1.29, 1.82) is 0 Å². The summed E-state index contributed by atoms with van der Waals surface area (Å²) in [5.41, 5.74) is 0.241. The van der Waals surface area contributed by atoms with Gasteiger partial charge in [0.2, 0.25) is 11.7 Å². The van der Waals surface area contributed by atoms with Crippen molar-refractivity contribution in [2.45, 2.75) is 24.4 Å². The summed E-state index contributed by atoms with van der Waals surface area (Å²) >= 11 is 7.14. The number of anilines is 1. The van der Waals surface area contributed by atoms with Crippen molar-refractivity contribution in [3.05, 3.63) is 105 Å². The molecule has 0 aliphatic rings. The minimum atomic E-state index is -4.58. The van der Waals surface area contributed by atoms with Gasteiger partial charge in [0.1, 0.15) is 0 Å². The Labute approximate surface area is 232 Å². The average Bonchev–Trinajstić information content (AvgIpc) is 3.32. The molecule has 39 heavy (non-hydrogen) atoms. The van der Waals surface area contributed by atoms with Crippen LogP contribution in [-0.4, -0.2) is 25.9 Å². The van der Waals surface area contributed by atoms with Crippen LogP contribution in [0.4, 0.5) is 18.2 Å². The molecule has 1 aromatic heterocycles. The number of rotatable bonds is 8. The van der Waals surface area contributed by atoms with Gasteiger partial charge in [-0.1, -0.05) is 54.9 Å². The summed E-state index contributed by atoms with van der Waals surface area (Å²) in [6, 6.07) is 18.3. The van der Waals surface area contributed by atoms with Crippen LogP contribution in [0.1, 0.15) is 33.3 Å². The van der Waals surface area contributed by atoms with E-state index < -0.39 is 33.3 Å². The van der Waals surface area contributed by atoms with E-state index in [9.17, 15) is 31.2 Å². The van der Waals surface area contributed by atoms with E-state index >= 15 is 0 Å². The second kappa shape index (κ2) is 11.3. The first-order valence-corrected chi connectivity index (χ1v) is 14.5. The Morgan fingerprint density at radius 2 is 1.64 bits per heavy atom. The van der Waals surface area contributed by atoms with E-state index in [2.05, 4.69) is 5.32 Å². The number of halogens is 4. The summed E-state index contributed by atoms with van der Waals surface area (Å²) < 4.78 is 64.2. The predicted octanol–water partition coefficient (Wildman–Crippen LogP) is 7.29. The van der Waals surface area contributed by atoms with Crippen LogP contribution in [0.5, 0.6) is 0 Å². The van der Waals surface area contributed by atoms with Gasteiger partial charge < -0.3 is 5.32 Å². The van der Waals surface area contributed by atoms with Crippen LogP contribution in [0.2, 0.25) is 5.02 Å². The average molecular weight is 592 g/mol. The molecule has 0 unspecified atom stereocenters. The first kappa shape index (κ1) is 28.5. The molecule has 0 fully saturated rings. The summed E-state index contributed by atoms with van der Waals surface area (Å²) in [5, 5.41) is 3.14. The van der Waals surface area contributed by atoms with E-state index in [0.717, 1.165) is 23.5 Å². The molecule has 202 valence electrons. The fourth-order valence-electron chi connectivity index (χ4n) is 3.81. The normalized spacial score (nSPS) is 11.8. The summed E-state index contributed by atoms with van der Waals surface area (Å²) in [4.78, 5) is 26.5. The molecular formula is C28H21ClF3NO4S2. The van der Waals surface area contributed by atoms with Crippen LogP contribution in [0.3, 0.4) is 0 Å². The number of hydrogen-bond acceptors (Lipinski definition) is 5. The number of amides is 1. The lowest BCUT2D eigenvalue weighted by atomic mass is 9.99. The molecule has 11 heteroatoms. The van der Waals surface area contributed by atoms with Crippen LogP contribution in [0.25, 0.3) is 11.1 Å². The summed E-state index contributed by atoms with van der Waals surface area (Å²) in [6.45, 7) is 1.54. The van der Waals surface area contributed by atoms with Gasteiger partial charge >= 0.3 is 6.18 Å². The number of hydrogen-bond donors (Lipinski definition) is 1. The molecule has 0 aliphatic carbocycles. The monoisotopic (exact) mass is 591 g/mol. The third-order valence-electron chi connectivity index (χ3n) is 5.85. The number of nitrogens with one attached hydrogen (secondary N) is 1. The fraction of sp³-hybridized carbons (Fsp3) is 0.143. The molecule has 4 rings (SSSR count). The maximum atomic E-state index is 13.4. The van der Waals surface area contributed by atoms with Crippen molar-refractivity contribution >= 4 is 49.5 Å². The van der Waals surface area contributed by atoms with Gasteiger partial charge in [0.25, 0.3) is 0 Å². The van der Waals surface area contributed by atoms with Gasteiger partial charge in [0.05, 0.1) is 37.5 Å². The lowest BCUT2D eigenvalue weighted by Gasteiger charge is -2.09. The molecule has 1 heterocycles. The lowest BCUT2D eigenvalue weighted by molar-refractivity contribution is -0.137. The summed E-state index contributed by atoms with van der Waals surface area (Å²) in [6.07, 6.45) is -4.67. The van der Waals surface area contributed by atoms with E-state index in [1.54, 1.807) is 12.1 Å². The van der Waals surface area contributed by atoms with Crippen molar-refractivity contribution in [3.63, 3.8) is 0 Å². The minimum Gasteiger partial charge on any atom is -0.317 e. The number of carbonyl (C=O) groups excluding carboxylic acids is 2. The third-order valence-corrected chi connectivity index (χ3v) is 8.98. The van der Waals surface area contributed by atoms with Gasteiger partial charge in [0, 0.05) is 11.1 Å². The zero-order chi connectivity index (χ0) is 28.4. The fourth-order valence-corrected chi connectivity index (χ4v) is 5.97. The maximum absolute atomic E-state index is 13.4. The Bertz CT molecular complexity index is 1650. The van der Waals surface area contributed by atoms with Gasteiger partial charge in [-0.05, 0) is 53.6 Å². The molecule has 1 N–H and O–H groups in total. The van der Waals surface area contributed by atoms with Crippen LogP contribution in [0.15, 0.2) is 83.8 Å². The van der Waals surface area contributed by atoms with Gasteiger partial charge in [-0.25, -0.2) is 8.42 Å². The zero-order valence-corrected chi connectivity index (χ0v) is 22.8. The molecule has 4 aromatic rings. The molecule has 0 radical (unpaired) electrons.